The summed E-state index contributed by atoms with van der Waals surface area (Å²) in [6.45, 7) is 12.7. The van der Waals surface area contributed by atoms with Gasteiger partial charge < -0.3 is 53.4 Å². The zero-order valence-electron chi connectivity index (χ0n) is 50.2. The van der Waals surface area contributed by atoms with Crippen molar-refractivity contribution in [3.8, 4) is 5.75 Å². The number of nitrogens with zero attached hydrogens (tertiary/aromatic N) is 4. The second-order valence-corrected chi connectivity index (χ2v) is 25.0. The Bertz CT molecular complexity index is 3320. The Kier molecular flexibility index (Phi) is 15.7. The zero-order chi connectivity index (χ0) is 59.7. The number of esters is 4. The van der Waals surface area contributed by atoms with Crippen LogP contribution in [0.5, 0.6) is 5.75 Å². The number of hydrogen-bond donors (Lipinski definition) is 3. The van der Waals surface area contributed by atoms with Gasteiger partial charge in [0.2, 0.25) is 11.5 Å². The largest absolute Gasteiger partial charge is 0.496 e. The summed E-state index contributed by atoms with van der Waals surface area (Å²) in [6.07, 6.45) is 9.07. The minimum absolute atomic E-state index is 0.0766. The molecule has 11 rings (SSSR count). The quantitative estimate of drug-likeness (QED) is 0.0470. The van der Waals surface area contributed by atoms with Gasteiger partial charge in [-0.25, -0.2) is 9.59 Å². The van der Waals surface area contributed by atoms with Crippen molar-refractivity contribution < 1.29 is 62.0 Å². The molecule has 3 fully saturated rings. The third-order valence-corrected chi connectivity index (χ3v) is 20.8. The summed E-state index contributed by atoms with van der Waals surface area (Å²) in [5.74, 6) is -3.21. The summed E-state index contributed by atoms with van der Waals surface area (Å²) in [4.78, 5) is 97.3. The second kappa shape index (κ2) is 22.4. The smallest absolute Gasteiger partial charge is 0.344 e. The molecule has 1 unspecified atom stereocenters. The number of ether oxygens (including phenoxy) is 5. The predicted octanol–water partition coefficient (Wildman–Crippen LogP) is 6.58. The predicted molar refractivity (Wildman–Crippen MR) is 315 cm³/mol. The average Bonchev–Trinajstić information content (AvgIpc) is 1.44. The number of nitrogens with one attached hydrogen (secondary N) is 2. The number of para-hydroxylation sites is 1. The molecule has 6 aliphatic heterocycles. The maximum Gasteiger partial charge on any atom is 0.344 e. The standard InChI is InChI=1S/C66H82N6O12/c1-10-40(4)54(57(76)83-39-43-20-14-13-15-21-43)68-56(75)50-24-18-29-71(50)53(74)38-72-31-25-46-45-22-16-17-23-49(45)67-55(46)65(61(77)81-8,35-44(37-72)32-42(11-2)36-72)48-33-47-51(34-52(48)80-7)69(6)59-64(47)27-30-70-28-19-26-63(12-3,58(64)70)60(84-41(5)73)66(59,79)62(78)82-9/h13-17,19-23,26,32-34,40,44,50,54,58-60,67,79H,10-12,18,24-25,27-31,35-39H2,1-9H3/p+1/t40-,44+,50-,54-,58-,59+,60+,63+,64+,65-,66-,72?/m0/s1. The Labute approximate surface area is 492 Å². The number of anilines is 1. The van der Waals surface area contributed by atoms with Crippen molar-refractivity contribution in [1.82, 2.24) is 20.1 Å². The van der Waals surface area contributed by atoms with Crippen molar-refractivity contribution in [1.29, 1.82) is 0 Å². The topological polar surface area (TPSA) is 206 Å². The number of aliphatic hydroxyl groups is 1. The molecule has 4 aromatic rings. The van der Waals surface area contributed by atoms with E-state index < -0.39 is 70.0 Å². The van der Waals surface area contributed by atoms with E-state index in [0.29, 0.717) is 111 Å². The number of benzene rings is 3. The van der Waals surface area contributed by atoms with Crippen LogP contribution in [0, 0.1) is 17.3 Å². The van der Waals surface area contributed by atoms with E-state index in [2.05, 4.69) is 40.3 Å². The van der Waals surface area contributed by atoms with E-state index in [0.717, 1.165) is 33.2 Å². The van der Waals surface area contributed by atoms with Gasteiger partial charge >= 0.3 is 23.9 Å². The number of aromatic amines is 1. The molecule has 3 aromatic carbocycles. The van der Waals surface area contributed by atoms with Gasteiger partial charge in [-0.15, -0.1) is 0 Å². The van der Waals surface area contributed by atoms with Crippen LogP contribution in [0.4, 0.5) is 5.69 Å². The molecule has 7 heterocycles. The molecular formula is C66H83N6O12+. The van der Waals surface area contributed by atoms with Crippen molar-refractivity contribution in [2.45, 2.75) is 139 Å². The highest BCUT2D eigenvalue weighted by atomic mass is 16.6. The highest BCUT2D eigenvalue weighted by molar-refractivity contribution is 5.95. The van der Waals surface area contributed by atoms with Crippen molar-refractivity contribution in [3.05, 3.63) is 118 Å². The van der Waals surface area contributed by atoms with Crippen LogP contribution in [0.25, 0.3) is 10.9 Å². The van der Waals surface area contributed by atoms with Crippen molar-refractivity contribution in [2.75, 3.05) is 79.1 Å². The maximum atomic E-state index is 16.0. The Morgan fingerprint density at radius 2 is 1.68 bits per heavy atom. The van der Waals surface area contributed by atoms with E-state index in [-0.39, 0.29) is 49.3 Å². The number of likely N-dealkylation sites (tertiary alicyclic amines) is 1. The van der Waals surface area contributed by atoms with Crippen LogP contribution in [0.1, 0.15) is 108 Å². The van der Waals surface area contributed by atoms with E-state index in [9.17, 15) is 24.3 Å². The zero-order valence-corrected chi connectivity index (χ0v) is 50.2. The fourth-order valence-corrected chi connectivity index (χ4v) is 17.1. The molecule has 1 spiro atoms. The first-order chi connectivity index (χ1) is 40.3. The Morgan fingerprint density at radius 1 is 0.929 bits per heavy atom. The summed E-state index contributed by atoms with van der Waals surface area (Å²) in [5, 5.41) is 17.6. The van der Waals surface area contributed by atoms with Gasteiger partial charge in [0, 0.05) is 90.2 Å². The molecule has 12 atom stereocenters. The molecule has 2 amide bonds. The van der Waals surface area contributed by atoms with Crippen LogP contribution >= 0.6 is 0 Å². The van der Waals surface area contributed by atoms with E-state index in [1.807, 2.05) is 99.5 Å². The minimum atomic E-state index is -2.37. The summed E-state index contributed by atoms with van der Waals surface area (Å²) >= 11 is 0. The number of carbonyl (C=O) groups is 6. The van der Waals surface area contributed by atoms with Crippen molar-refractivity contribution >= 4 is 52.3 Å². The first-order valence-electron chi connectivity index (χ1n) is 30.2. The molecule has 0 radical (unpaired) electrons. The highest BCUT2D eigenvalue weighted by Gasteiger charge is 2.80. The Balaban J connectivity index is 1.01. The number of quaternary nitrogens is 1. The molecule has 3 N–H and O–H groups in total. The number of hydrogen-bond acceptors (Lipinski definition) is 14. The van der Waals surface area contributed by atoms with Gasteiger partial charge in [0.1, 0.15) is 36.4 Å². The second-order valence-electron chi connectivity index (χ2n) is 25.0. The minimum Gasteiger partial charge on any atom is -0.496 e. The monoisotopic (exact) mass is 1150 g/mol. The van der Waals surface area contributed by atoms with Gasteiger partial charge in [0.05, 0.1) is 40.5 Å². The third-order valence-electron chi connectivity index (χ3n) is 20.8. The normalized spacial score (nSPS) is 30.9. The lowest BCUT2D eigenvalue weighted by Crippen LogP contribution is -2.81. The van der Waals surface area contributed by atoms with Crippen molar-refractivity contribution in [3.63, 3.8) is 0 Å². The summed E-state index contributed by atoms with van der Waals surface area (Å²) < 4.78 is 30.6. The summed E-state index contributed by atoms with van der Waals surface area (Å²) in [5.41, 5.74) is 0.456. The molecule has 18 heteroatoms. The van der Waals surface area contributed by atoms with Gasteiger partial charge in [-0.2, -0.15) is 0 Å². The van der Waals surface area contributed by atoms with Crippen LogP contribution in [-0.4, -0.2) is 170 Å². The molecule has 7 aliphatic rings. The van der Waals surface area contributed by atoms with Gasteiger partial charge in [0.15, 0.2) is 12.6 Å². The van der Waals surface area contributed by atoms with E-state index >= 15 is 9.59 Å². The summed E-state index contributed by atoms with van der Waals surface area (Å²) in [6, 6.07) is 18.4. The number of methoxy groups -OCH3 is 3. The van der Waals surface area contributed by atoms with Crippen molar-refractivity contribution in [2.24, 2.45) is 17.3 Å². The number of aromatic nitrogens is 1. The highest BCUT2D eigenvalue weighted by Crippen LogP contribution is 2.68. The van der Waals surface area contributed by atoms with Crippen LogP contribution < -0.4 is 15.0 Å². The van der Waals surface area contributed by atoms with Gasteiger partial charge in [-0.1, -0.05) is 101 Å². The molecule has 1 aliphatic carbocycles. The fraction of sp³-hybridized carbons (Fsp3) is 0.545. The molecule has 1 saturated carbocycles. The van der Waals surface area contributed by atoms with E-state index in [4.69, 9.17) is 23.7 Å². The van der Waals surface area contributed by atoms with E-state index in [1.165, 1.54) is 21.1 Å². The summed E-state index contributed by atoms with van der Waals surface area (Å²) in [7, 11) is 6.10. The lowest BCUT2D eigenvalue weighted by Gasteiger charge is -2.63. The molecule has 2 saturated heterocycles. The number of amides is 2. The lowest BCUT2D eigenvalue weighted by atomic mass is 9.47. The van der Waals surface area contributed by atoms with Crippen LogP contribution in [-0.2, 0) is 71.6 Å². The lowest BCUT2D eigenvalue weighted by molar-refractivity contribution is -0.921. The number of likely N-dealkylation sites (N-methyl/N-ethyl adjacent to an activating group) is 1. The number of H-pyrrole nitrogens is 1. The van der Waals surface area contributed by atoms with Gasteiger partial charge in [0.25, 0.3) is 5.91 Å². The molecule has 448 valence electrons. The Hall–Kier alpha value is -7.02. The van der Waals surface area contributed by atoms with E-state index in [1.54, 1.807) is 12.0 Å². The number of carbonyl (C=O) groups excluding carboxylic acids is 6. The SMILES string of the molecule is CCC1=C[C@@H]2C[C@](C(=O)OC)(c3cc4c(cc3OC)N(C)[C@H]3[C@@](O)(C(=O)OC)[C@H](OC(C)=O)[C@]5(CC)C=CCN6CC[C@]43[C@@H]65)c3[nH]c4ccccc4c3CC[N+](CC(=O)N3CCC[C@H]3C(=O)N[C@H](C(=O)OCc3ccccc3)[C@@H](C)CC)(C1)C2. The maximum absolute atomic E-state index is 16.0. The van der Waals surface area contributed by atoms with Crippen LogP contribution in [0.3, 0.4) is 0 Å². The van der Waals surface area contributed by atoms with Gasteiger partial charge in [-0.3, -0.25) is 24.1 Å². The third kappa shape index (κ3) is 9.05. The van der Waals surface area contributed by atoms with Crippen LogP contribution in [0.15, 0.2) is 90.5 Å². The first kappa shape index (κ1) is 58.7. The first-order valence-corrected chi connectivity index (χ1v) is 30.2. The molecule has 2 bridgehead atoms. The van der Waals surface area contributed by atoms with Crippen LogP contribution in [0.2, 0.25) is 0 Å². The molecular weight excluding hydrogens is 1070 g/mol. The fourth-order valence-electron chi connectivity index (χ4n) is 17.1. The van der Waals surface area contributed by atoms with Gasteiger partial charge in [-0.05, 0) is 85.4 Å². The molecule has 18 nitrogen and oxygen atoms in total. The average molecular weight is 1150 g/mol. The Morgan fingerprint density at radius 3 is 2.38 bits per heavy atom. The molecule has 1 aromatic heterocycles. The number of rotatable bonds is 16. The molecule has 84 heavy (non-hydrogen) atoms. The number of fused-ring (bicyclic) bond motifs is 6.